The molecule has 7 atom stereocenters. The lowest BCUT2D eigenvalue weighted by Crippen LogP contribution is -2.56. The van der Waals surface area contributed by atoms with Gasteiger partial charge in [0.1, 0.15) is 55.4 Å². The Morgan fingerprint density at radius 1 is 0.900 bits per heavy atom. The van der Waals surface area contributed by atoms with Crippen LogP contribution in [0.2, 0.25) is 0 Å². The average molecular weight is 578 g/mol. The molecular formula is C23H39N5O12. The molecule has 0 rings (SSSR count). The predicted octanol–water partition coefficient (Wildman–Crippen LogP) is -4.59. The van der Waals surface area contributed by atoms with Crippen molar-refractivity contribution >= 4 is 41.8 Å². The van der Waals surface area contributed by atoms with Crippen LogP contribution in [0.1, 0.15) is 46.5 Å². The summed E-state index contributed by atoms with van der Waals surface area (Å²) in [5, 5.41) is 47.0. The quantitative estimate of drug-likeness (QED) is 0.0618. The summed E-state index contributed by atoms with van der Waals surface area (Å²) in [5.74, 6) is -5.32. The zero-order valence-corrected chi connectivity index (χ0v) is 22.5. The molecule has 0 aliphatic heterocycles. The van der Waals surface area contributed by atoms with Gasteiger partial charge < -0.3 is 57.0 Å². The summed E-state index contributed by atoms with van der Waals surface area (Å²) in [6.07, 6.45) is -5.19. The molecule has 228 valence electrons. The Labute approximate surface area is 230 Å². The van der Waals surface area contributed by atoms with E-state index < -0.39 is 91.2 Å². The van der Waals surface area contributed by atoms with Crippen LogP contribution in [0.4, 0.5) is 0 Å². The van der Waals surface area contributed by atoms with Crippen LogP contribution in [0.5, 0.6) is 0 Å². The summed E-state index contributed by atoms with van der Waals surface area (Å²) < 4.78 is 5.26. The summed E-state index contributed by atoms with van der Waals surface area (Å²) in [6.45, 7) is 2.42. The smallest absolute Gasteiger partial charge is 0.325 e. The number of carboxylic acid groups (broad SMARTS) is 1. The van der Waals surface area contributed by atoms with Gasteiger partial charge in [-0.05, 0) is 26.7 Å². The van der Waals surface area contributed by atoms with E-state index in [4.69, 9.17) is 20.7 Å². The highest BCUT2D eigenvalue weighted by Crippen LogP contribution is 2.10. The molecule has 17 heteroatoms. The summed E-state index contributed by atoms with van der Waals surface area (Å²) >= 11 is 0. The number of carboxylic acids is 1. The molecule has 0 radical (unpaired) electrons. The molecule has 0 aromatic heterocycles. The number of hydrogen-bond donors (Lipinski definition) is 9. The van der Waals surface area contributed by atoms with E-state index >= 15 is 0 Å². The van der Waals surface area contributed by atoms with Gasteiger partial charge in [0.25, 0.3) is 0 Å². The van der Waals surface area contributed by atoms with E-state index in [2.05, 4.69) is 21.3 Å². The molecule has 0 saturated heterocycles. The van der Waals surface area contributed by atoms with Gasteiger partial charge in [0.15, 0.2) is 0 Å². The second kappa shape index (κ2) is 18.6. The first-order chi connectivity index (χ1) is 18.7. The average Bonchev–Trinajstić information content (AvgIpc) is 2.89. The number of hydrogen-bond acceptors (Lipinski definition) is 11. The molecule has 0 fully saturated rings. The Bertz CT molecular complexity index is 901. The van der Waals surface area contributed by atoms with E-state index in [9.17, 15) is 43.8 Å². The molecule has 40 heavy (non-hydrogen) atoms. The lowest BCUT2D eigenvalue weighted by atomic mass is 10.0. The van der Waals surface area contributed by atoms with Crippen molar-refractivity contribution in [3.05, 3.63) is 0 Å². The van der Waals surface area contributed by atoms with Gasteiger partial charge in [-0.25, -0.2) is 0 Å². The van der Waals surface area contributed by atoms with Crippen molar-refractivity contribution in [1.29, 1.82) is 0 Å². The molecule has 5 amide bonds. The second-order valence-electron chi connectivity index (χ2n) is 8.91. The van der Waals surface area contributed by atoms with Crippen LogP contribution >= 0.6 is 0 Å². The van der Waals surface area contributed by atoms with Crippen molar-refractivity contribution in [3.63, 3.8) is 0 Å². The Kier molecular flexibility index (Phi) is 16.9. The number of carbonyl (C=O) groups excluding carboxylic acids is 6. The number of aliphatic carboxylic acids is 1. The number of aliphatic hydroxyl groups excluding tert-OH is 3. The van der Waals surface area contributed by atoms with Gasteiger partial charge in [-0.2, -0.15) is 0 Å². The topological polar surface area (TPSA) is 284 Å². The van der Waals surface area contributed by atoms with Crippen LogP contribution in [0.3, 0.4) is 0 Å². The minimum Gasteiger partial charge on any atom is -0.480 e. The Balaban J connectivity index is 5.15. The third-order valence-electron chi connectivity index (χ3n) is 5.47. The van der Waals surface area contributed by atoms with Gasteiger partial charge in [0.2, 0.25) is 29.5 Å². The largest absolute Gasteiger partial charge is 0.480 e. The number of primary amides is 1. The highest BCUT2D eigenvalue weighted by Gasteiger charge is 2.35. The number of ether oxygens (including phenoxy) is 1. The molecule has 0 saturated carbocycles. The summed E-state index contributed by atoms with van der Waals surface area (Å²) in [7, 11) is 0. The number of aldehydes is 1. The van der Waals surface area contributed by atoms with E-state index in [1.54, 1.807) is 6.92 Å². The third kappa shape index (κ3) is 13.4. The van der Waals surface area contributed by atoms with Gasteiger partial charge in [0.05, 0.1) is 6.61 Å². The molecule has 3 unspecified atom stereocenters. The maximum absolute atomic E-state index is 12.5. The van der Waals surface area contributed by atoms with E-state index in [0.29, 0.717) is 6.42 Å². The lowest BCUT2D eigenvalue weighted by molar-refractivity contribution is -0.146. The SMILES string of the molecule is CCCC(=O)N[C@@H](C=O)[C@@H](OCC(=O)NC(C)C(=O)NC(CCC(=O)NC(C)C(=O)O)C(N)=O)[C@H](O)[C@H](O)CO. The molecule has 0 heterocycles. The highest BCUT2D eigenvalue weighted by molar-refractivity contribution is 5.92. The number of nitrogens with one attached hydrogen (secondary N) is 4. The van der Waals surface area contributed by atoms with E-state index in [0.717, 1.165) is 0 Å². The van der Waals surface area contributed by atoms with Crippen LogP contribution in [0.15, 0.2) is 0 Å². The van der Waals surface area contributed by atoms with E-state index in [-0.39, 0.29) is 25.5 Å². The fourth-order valence-corrected chi connectivity index (χ4v) is 3.17. The molecule has 0 aliphatic carbocycles. The number of nitrogens with two attached hydrogens (primary N) is 1. The second-order valence-corrected chi connectivity index (χ2v) is 8.91. The van der Waals surface area contributed by atoms with Crippen LogP contribution in [0.25, 0.3) is 0 Å². The van der Waals surface area contributed by atoms with Gasteiger partial charge in [0, 0.05) is 12.8 Å². The fourth-order valence-electron chi connectivity index (χ4n) is 3.17. The van der Waals surface area contributed by atoms with Crippen LogP contribution in [-0.2, 0) is 38.3 Å². The van der Waals surface area contributed by atoms with Gasteiger partial charge >= 0.3 is 5.97 Å². The molecular weight excluding hydrogens is 538 g/mol. The maximum Gasteiger partial charge on any atom is 0.325 e. The fraction of sp³-hybridized carbons (Fsp3) is 0.696. The molecule has 0 spiro atoms. The Morgan fingerprint density at radius 3 is 1.98 bits per heavy atom. The van der Waals surface area contributed by atoms with Crippen molar-refractivity contribution in [2.75, 3.05) is 13.2 Å². The summed E-state index contributed by atoms with van der Waals surface area (Å²) in [4.78, 5) is 82.7. The third-order valence-corrected chi connectivity index (χ3v) is 5.47. The van der Waals surface area contributed by atoms with Gasteiger partial charge in [-0.15, -0.1) is 0 Å². The normalized spacial score (nSPS) is 16.1. The number of amides is 5. The van der Waals surface area contributed by atoms with Crippen molar-refractivity contribution < 1.29 is 58.7 Å². The van der Waals surface area contributed by atoms with Gasteiger partial charge in [-0.1, -0.05) is 6.92 Å². The van der Waals surface area contributed by atoms with E-state index in [1.165, 1.54) is 13.8 Å². The monoisotopic (exact) mass is 577 g/mol. The molecule has 0 aromatic rings. The van der Waals surface area contributed by atoms with Crippen molar-refractivity contribution in [2.45, 2.75) is 88.9 Å². The van der Waals surface area contributed by atoms with E-state index in [1.807, 2.05) is 0 Å². The first-order valence-corrected chi connectivity index (χ1v) is 12.4. The van der Waals surface area contributed by atoms with Crippen LogP contribution in [-0.4, -0.2) is 118 Å². The van der Waals surface area contributed by atoms with Crippen molar-refractivity contribution in [1.82, 2.24) is 21.3 Å². The van der Waals surface area contributed by atoms with Crippen molar-refractivity contribution in [3.8, 4) is 0 Å². The zero-order valence-electron chi connectivity index (χ0n) is 22.5. The minimum absolute atomic E-state index is 0.0429. The number of carbonyl (C=O) groups is 7. The molecule has 0 bridgehead atoms. The molecule has 0 aromatic carbocycles. The maximum atomic E-state index is 12.5. The highest BCUT2D eigenvalue weighted by atomic mass is 16.5. The minimum atomic E-state index is -1.89. The first-order valence-electron chi connectivity index (χ1n) is 12.4. The Hall–Kier alpha value is -3.67. The molecule has 10 N–H and O–H groups in total. The number of rotatable bonds is 20. The lowest BCUT2D eigenvalue weighted by Gasteiger charge is -2.30. The van der Waals surface area contributed by atoms with Crippen LogP contribution in [0, 0.1) is 0 Å². The van der Waals surface area contributed by atoms with Crippen molar-refractivity contribution in [2.24, 2.45) is 5.73 Å². The van der Waals surface area contributed by atoms with Crippen LogP contribution < -0.4 is 27.0 Å². The Morgan fingerprint density at radius 2 is 1.48 bits per heavy atom. The van der Waals surface area contributed by atoms with Gasteiger partial charge in [-0.3, -0.25) is 28.8 Å². The standard InChI is InChI=1S/C23H39N5O12/c1-4-5-16(32)27-14(8-29)20(19(35)15(31)9-30)40-10-18(34)25-11(2)22(37)28-13(21(24)36)6-7-17(33)26-12(3)23(38)39/h8,11-15,19-20,30-31,35H,4-7,9-10H2,1-3H3,(H2,24,36)(H,25,34)(H,26,33)(H,27,32)(H,28,37)(H,38,39)/t11?,12?,13?,14-,15+,19+,20+/m0/s1. The summed E-state index contributed by atoms with van der Waals surface area (Å²) in [6, 6.07) is -5.26. The first kappa shape index (κ1) is 36.3. The molecule has 17 nitrogen and oxygen atoms in total. The predicted molar refractivity (Wildman–Crippen MR) is 135 cm³/mol. The summed E-state index contributed by atoms with van der Waals surface area (Å²) in [5.41, 5.74) is 5.25. The molecule has 0 aliphatic rings. The number of aliphatic hydroxyl groups is 3. The zero-order chi connectivity index (χ0) is 31.0.